The van der Waals surface area contributed by atoms with Gasteiger partial charge in [-0.05, 0) is 38.6 Å². The molecule has 5 heteroatoms. The van der Waals surface area contributed by atoms with Crippen molar-refractivity contribution >= 4 is 11.3 Å². The third-order valence-corrected chi connectivity index (χ3v) is 4.66. The first kappa shape index (κ1) is 16.2. The van der Waals surface area contributed by atoms with Crippen molar-refractivity contribution < 1.29 is 0 Å². The van der Waals surface area contributed by atoms with Crippen LogP contribution in [-0.2, 0) is 26.7 Å². The zero-order chi connectivity index (χ0) is 15.2. The van der Waals surface area contributed by atoms with Crippen LogP contribution in [0.1, 0.15) is 34.5 Å². The van der Waals surface area contributed by atoms with Crippen LogP contribution in [0.3, 0.4) is 0 Å². The summed E-state index contributed by atoms with van der Waals surface area (Å²) in [7, 11) is 4.20. The highest BCUT2D eigenvalue weighted by atomic mass is 32.1. The molecule has 2 aromatic heterocycles. The first-order valence-electron chi connectivity index (χ1n) is 7.53. The molecule has 2 aromatic rings. The van der Waals surface area contributed by atoms with E-state index in [9.17, 15) is 0 Å². The lowest BCUT2D eigenvalue weighted by atomic mass is 10.2. The Morgan fingerprint density at radius 2 is 2.19 bits per heavy atom. The quantitative estimate of drug-likeness (QED) is 0.761. The molecule has 0 saturated carbocycles. The van der Waals surface area contributed by atoms with Crippen molar-refractivity contribution in [3.05, 3.63) is 39.6 Å². The van der Waals surface area contributed by atoms with Crippen LogP contribution in [0.4, 0.5) is 0 Å². The van der Waals surface area contributed by atoms with Crippen LogP contribution in [0.5, 0.6) is 0 Å². The number of hydrogen-bond acceptors (Lipinski definition) is 4. The highest BCUT2D eigenvalue weighted by molar-refractivity contribution is 7.12. The lowest BCUT2D eigenvalue weighted by Gasteiger charge is -2.16. The molecule has 0 aliphatic heterocycles. The van der Waals surface area contributed by atoms with Crippen molar-refractivity contribution in [1.29, 1.82) is 0 Å². The molecule has 0 atom stereocenters. The average Bonchev–Trinajstić information content (AvgIpc) is 2.98. The molecule has 0 aromatic carbocycles. The molecule has 0 bridgehead atoms. The van der Waals surface area contributed by atoms with Gasteiger partial charge in [0.2, 0.25) is 0 Å². The minimum Gasteiger partial charge on any atom is -0.337 e. The summed E-state index contributed by atoms with van der Waals surface area (Å²) in [5.41, 5.74) is 1.44. The molecular formula is C16H26N4S. The Morgan fingerprint density at radius 3 is 2.86 bits per heavy atom. The topological polar surface area (TPSA) is 33.1 Å². The van der Waals surface area contributed by atoms with Crippen molar-refractivity contribution in [2.75, 3.05) is 13.6 Å². The van der Waals surface area contributed by atoms with Crippen molar-refractivity contribution in [2.24, 2.45) is 7.05 Å². The summed E-state index contributed by atoms with van der Waals surface area (Å²) in [6.45, 7) is 8.35. The zero-order valence-electron chi connectivity index (χ0n) is 13.5. The minimum atomic E-state index is 0.877. The Bertz CT molecular complexity index is 558. The summed E-state index contributed by atoms with van der Waals surface area (Å²) in [5.74, 6) is 1.11. The third kappa shape index (κ3) is 4.66. The number of rotatable bonds is 8. The van der Waals surface area contributed by atoms with E-state index in [1.54, 1.807) is 0 Å². The van der Waals surface area contributed by atoms with E-state index in [0.29, 0.717) is 0 Å². The molecule has 0 aliphatic rings. The van der Waals surface area contributed by atoms with E-state index < -0.39 is 0 Å². The molecule has 0 saturated heterocycles. The maximum Gasteiger partial charge on any atom is 0.122 e. The van der Waals surface area contributed by atoms with Gasteiger partial charge in [-0.25, -0.2) is 4.98 Å². The Balaban J connectivity index is 1.91. The SMILES string of the molecule is CCCNCc1cc(CN(C)Cc2nccn2C)c(C)s1. The van der Waals surface area contributed by atoms with E-state index in [1.807, 2.05) is 30.8 Å². The molecule has 0 fully saturated rings. The van der Waals surface area contributed by atoms with Crippen LogP contribution in [0.15, 0.2) is 18.5 Å². The van der Waals surface area contributed by atoms with E-state index in [1.165, 1.54) is 21.7 Å². The van der Waals surface area contributed by atoms with Gasteiger partial charge in [0.05, 0.1) is 6.54 Å². The molecule has 0 unspecified atom stereocenters. The Morgan fingerprint density at radius 1 is 1.38 bits per heavy atom. The van der Waals surface area contributed by atoms with E-state index in [2.05, 4.69) is 46.7 Å². The predicted molar refractivity (Wildman–Crippen MR) is 89.4 cm³/mol. The van der Waals surface area contributed by atoms with Gasteiger partial charge in [0.1, 0.15) is 5.82 Å². The summed E-state index contributed by atoms with van der Waals surface area (Å²) in [6.07, 6.45) is 5.04. The van der Waals surface area contributed by atoms with Gasteiger partial charge in [-0.2, -0.15) is 0 Å². The summed E-state index contributed by atoms with van der Waals surface area (Å²) >= 11 is 1.91. The second-order valence-corrected chi connectivity index (χ2v) is 6.94. The lowest BCUT2D eigenvalue weighted by molar-refractivity contribution is 0.307. The van der Waals surface area contributed by atoms with Crippen LogP contribution in [0, 0.1) is 6.92 Å². The van der Waals surface area contributed by atoms with Crippen LogP contribution < -0.4 is 5.32 Å². The van der Waals surface area contributed by atoms with Gasteiger partial charge >= 0.3 is 0 Å². The Hall–Kier alpha value is -1.17. The maximum absolute atomic E-state index is 4.39. The van der Waals surface area contributed by atoms with Gasteiger partial charge in [0.25, 0.3) is 0 Å². The van der Waals surface area contributed by atoms with Gasteiger partial charge in [0, 0.05) is 42.3 Å². The molecule has 2 rings (SSSR count). The summed E-state index contributed by atoms with van der Waals surface area (Å²) < 4.78 is 2.08. The molecule has 116 valence electrons. The number of aryl methyl sites for hydroxylation is 2. The van der Waals surface area contributed by atoms with Crippen LogP contribution in [0.2, 0.25) is 0 Å². The predicted octanol–water partition coefficient (Wildman–Crippen LogP) is 2.92. The fraction of sp³-hybridized carbons (Fsp3) is 0.562. The van der Waals surface area contributed by atoms with Gasteiger partial charge in [-0.1, -0.05) is 6.92 Å². The summed E-state index contributed by atoms with van der Waals surface area (Å²) in [5, 5.41) is 3.47. The molecule has 1 N–H and O–H groups in total. The van der Waals surface area contributed by atoms with Gasteiger partial charge in [0.15, 0.2) is 0 Å². The second-order valence-electron chi connectivity index (χ2n) is 5.60. The maximum atomic E-state index is 4.39. The number of nitrogens with one attached hydrogen (secondary N) is 1. The number of nitrogens with zero attached hydrogens (tertiary/aromatic N) is 3. The van der Waals surface area contributed by atoms with E-state index in [0.717, 1.165) is 32.0 Å². The van der Waals surface area contributed by atoms with Crippen molar-refractivity contribution in [3.8, 4) is 0 Å². The van der Waals surface area contributed by atoms with E-state index in [-0.39, 0.29) is 0 Å². The van der Waals surface area contributed by atoms with Gasteiger partial charge < -0.3 is 9.88 Å². The average molecular weight is 306 g/mol. The molecule has 0 spiro atoms. The first-order chi connectivity index (χ1) is 10.1. The fourth-order valence-electron chi connectivity index (χ4n) is 2.36. The number of hydrogen-bond donors (Lipinski definition) is 1. The number of aromatic nitrogens is 2. The highest BCUT2D eigenvalue weighted by Crippen LogP contribution is 2.23. The number of imidazole rings is 1. The van der Waals surface area contributed by atoms with E-state index >= 15 is 0 Å². The van der Waals surface area contributed by atoms with Crippen LogP contribution in [0.25, 0.3) is 0 Å². The van der Waals surface area contributed by atoms with Crippen molar-refractivity contribution in [3.63, 3.8) is 0 Å². The molecular weight excluding hydrogens is 280 g/mol. The van der Waals surface area contributed by atoms with Crippen LogP contribution >= 0.6 is 11.3 Å². The van der Waals surface area contributed by atoms with Crippen LogP contribution in [-0.4, -0.2) is 28.0 Å². The second kappa shape index (κ2) is 7.73. The minimum absolute atomic E-state index is 0.877. The summed E-state index contributed by atoms with van der Waals surface area (Å²) in [4.78, 5) is 9.57. The number of thiophene rings is 1. The molecule has 0 aliphatic carbocycles. The molecule has 0 radical (unpaired) electrons. The molecule has 4 nitrogen and oxygen atoms in total. The summed E-state index contributed by atoms with van der Waals surface area (Å²) in [6, 6.07) is 2.34. The smallest absolute Gasteiger partial charge is 0.122 e. The highest BCUT2D eigenvalue weighted by Gasteiger charge is 2.10. The molecule has 2 heterocycles. The lowest BCUT2D eigenvalue weighted by Crippen LogP contribution is -2.19. The monoisotopic (exact) mass is 306 g/mol. The third-order valence-electron chi connectivity index (χ3n) is 3.57. The van der Waals surface area contributed by atoms with Crippen molar-refractivity contribution in [2.45, 2.75) is 39.9 Å². The van der Waals surface area contributed by atoms with Gasteiger partial charge in [-0.15, -0.1) is 11.3 Å². The van der Waals surface area contributed by atoms with E-state index in [4.69, 9.17) is 0 Å². The molecule has 0 amide bonds. The normalized spacial score (nSPS) is 11.5. The Kier molecular flexibility index (Phi) is 5.96. The first-order valence-corrected chi connectivity index (χ1v) is 8.35. The standard InChI is InChI=1S/C16H26N4S/c1-5-6-17-10-15-9-14(13(2)21-15)11-19(3)12-16-18-7-8-20(16)4/h7-9,17H,5-6,10-12H2,1-4H3. The fourth-order valence-corrected chi connectivity index (χ4v) is 3.38. The van der Waals surface area contributed by atoms with Crippen molar-refractivity contribution in [1.82, 2.24) is 19.8 Å². The zero-order valence-corrected chi connectivity index (χ0v) is 14.3. The largest absolute Gasteiger partial charge is 0.337 e. The molecule has 21 heavy (non-hydrogen) atoms. The van der Waals surface area contributed by atoms with Gasteiger partial charge in [-0.3, -0.25) is 4.90 Å². The Labute approximate surface area is 131 Å².